The van der Waals surface area contributed by atoms with E-state index in [1.807, 2.05) is 37.3 Å². The fourth-order valence-electron chi connectivity index (χ4n) is 4.87. The fraction of sp³-hybridized carbons (Fsp3) is 0.303. The van der Waals surface area contributed by atoms with Crippen LogP contribution in [0.1, 0.15) is 48.4 Å². The van der Waals surface area contributed by atoms with Gasteiger partial charge in [0.1, 0.15) is 11.3 Å². The van der Waals surface area contributed by atoms with Crippen molar-refractivity contribution < 1.29 is 24.5 Å². The first-order valence-electron chi connectivity index (χ1n) is 13.2. The Balaban J connectivity index is 1.35. The predicted octanol–water partition coefficient (Wildman–Crippen LogP) is 6.26. The Morgan fingerprint density at radius 3 is 2.41 bits per heavy atom. The van der Waals surface area contributed by atoms with E-state index in [1.165, 1.54) is 23.4 Å². The molecule has 4 aromatic rings. The number of benzene rings is 4. The molecule has 1 unspecified atom stereocenters. The molecule has 0 radical (unpaired) electrons. The van der Waals surface area contributed by atoms with Crippen molar-refractivity contribution >= 4 is 16.7 Å². The highest BCUT2D eigenvalue weighted by Crippen LogP contribution is 2.33. The lowest BCUT2D eigenvalue weighted by atomic mass is 9.93. The summed E-state index contributed by atoms with van der Waals surface area (Å²) in [4.78, 5) is 11.5. The van der Waals surface area contributed by atoms with Crippen LogP contribution in [-0.2, 0) is 11.2 Å². The Labute approximate surface area is 230 Å². The summed E-state index contributed by atoms with van der Waals surface area (Å²) in [7, 11) is 1.46. The first kappa shape index (κ1) is 28.3. The van der Waals surface area contributed by atoms with Crippen LogP contribution in [0.15, 0.2) is 84.9 Å². The molecular formula is C33H37NO5. The highest BCUT2D eigenvalue weighted by Gasteiger charge is 2.21. The molecule has 0 aliphatic carbocycles. The van der Waals surface area contributed by atoms with Crippen molar-refractivity contribution in [1.29, 1.82) is 0 Å². The number of β-amino-alcohol motifs (C(OH)–C–C–N with tert-alkyl or cyclic N) is 1. The van der Waals surface area contributed by atoms with Gasteiger partial charge in [0.15, 0.2) is 0 Å². The second kappa shape index (κ2) is 12.4. The minimum absolute atomic E-state index is 0.113. The van der Waals surface area contributed by atoms with Crippen molar-refractivity contribution in [2.24, 2.45) is 0 Å². The van der Waals surface area contributed by atoms with Crippen molar-refractivity contribution in [3.05, 3.63) is 102 Å². The van der Waals surface area contributed by atoms with E-state index < -0.39 is 12.1 Å². The fourth-order valence-corrected chi connectivity index (χ4v) is 4.87. The van der Waals surface area contributed by atoms with Crippen molar-refractivity contribution in [2.75, 3.05) is 20.3 Å². The van der Waals surface area contributed by atoms with Crippen molar-refractivity contribution in [3.8, 4) is 16.9 Å². The van der Waals surface area contributed by atoms with Gasteiger partial charge in [-0.25, -0.2) is 4.79 Å². The van der Waals surface area contributed by atoms with E-state index in [4.69, 9.17) is 9.47 Å². The Bertz CT molecular complexity index is 1430. The van der Waals surface area contributed by atoms with Crippen molar-refractivity contribution in [3.63, 3.8) is 0 Å². The van der Waals surface area contributed by atoms with Gasteiger partial charge in [-0.1, -0.05) is 72.8 Å². The number of aliphatic hydroxyl groups excluding tert-OH is 1. The van der Waals surface area contributed by atoms with Gasteiger partial charge in [0, 0.05) is 12.1 Å². The number of aromatic carboxylic acids is 1. The SMILES string of the molecule is COc1cc(-c2ccccc2C(C)OC[C@@H](O)CNC(C)(C)Cc2ccc3ccccc3c2)ccc1C(=O)O. The van der Waals surface area contributed by atoms with Crippen LogP contribution < -0.4 is 10.1 Å². The average Bonchev–Trinajstić information content (AvgIpc) is 2.94. The van der Waals surface area contributed by atoms with Gasteiger partial charge in [-0.2, -0.15) is 0 Å². The molecule has 0 spiro atoms. The maximum absolute atomic E-state index is 11.5. The lowest BCUT2D eigenvalue weighted by Crippen LogP contribution is -2.46. The molecule has 0 fully saturated rings. The lowest BCUT2D eigenvalue weighted by Gasteiger charge is -2.28. The zero-order valence-electron chi connectivity index (χ0n) is 23.0. The third kappa shape index (κ3) is 7.24. The van der Waals surface area contributed by atoms with Gasteiger partial charge in [0.05, 0.1) is 25.9 Å². The van der Waals surface area contributed by atoms with Crippen LogP contribution in [0.4, 0.5) is 0 Å². The molecule has 39 heavy (non-hydrogen) atoms. The van der Waals surface area contributed by atoms with Crippen LogP contribution in [0.3, 0.4) is 0 Å². The van der Waals surface area contributed by atoms with E-state index >= 15 is 0 Å². The normalized spacial score (nSPS) is 13.3. The monoisotopic (exact) mass is 527 g/mol. The van der Waals surface area contributed by atoms with Crippen LogP contribution in [0.2, 0.25) is 0 Å². The summed E-state index contributed by atoms with van der Waals surface area (Å²) in [5.74, 6) is -0.734. The Kier molecular flexibility index (Phi) is 9.02. The molecule has 6 nitrogen and oxygen atoms in total. The predicted molar refractivity (Wildman–Crippen MR) is 155 cm³/mol. The molecular weight excluding hydrogens is 490 g/mol. The number of ether oxygens (including phenoxy) is 2. The number of aliphatic hydroxyl groups is 1. The molecule has 4 aromatic carbocycles. The van der Waals surface area contributed by atoms with Crippen LogP contribution in [0.5, 0.6) is 5.75 Å². The number of carbonyl (C=O) groups is 1. The van der Waals surface area contributed by atoms with Gasteiger partial charge in [-0.3, -0.25) is 0 Å². The number of carboxylic acids is 1. The molecule has 0 aromatic heterocycles. The molecule has 0 saturated carbocycles. The Morgan fingerprint density at radius 2 is 1.67 bits per heavy atom. The summed E-state index contributed by atoms with van der Waals surface area (Å²) in [6.45, 7) is 6.81. The zero-order valence-corrected chi connectivity index (χ0v) is 23.0. The maximum Gasteiger partial charge on any atom is 0.339 e. The van der Waals surface area contributed by atoms with Gasteiger partial charge in [-0.05, 0) is 72.4 Å². The molecule has 204 valence electrons. The molecule has 6 heteroatoms. The third-order valence-electron chi connectivity index (χ3n) is 6.96. The molecule has 0 aliphatic rings. The van der Waals surface area contributed by atoms with Gasteiger partial charge < -0.3 is 25.0 Å². The quantitative estimate of drug-likeness (QED) is 0.201. The first-order chi connectivity index (χ1) is 18.7. The smallest absolute Gasteiger partial charge is 0.339 e. The highest BCUT2D eigenvalue weighted by molar-refractivity contribution is 5.92. The largest absolute Gasteiger partial charge is 0.496 e. The number of rotatable bonds is 12. The number of hydrogen-bond donors (Lipinski definition) is 3. The molecule has 2 atom stereocenters. The molecule has 0 aliphatic heterocycles. The van der Waals surface area contributed by atoms with Gasteiger partial charge in [0.25, 0.3) is 0 Å². The molecule has 0 bridgehead atoms. The van der Waals surface area contributed by atoms with Crippen LogP contribution in [-0.4, -0.2) is 48.1 Å². The standard InChI is InChI=1S/C33H37NO5/c1-22(28-11-7-8-12-29(28)26-15-16-30(32(36)37)31(18-26)38-4)39-21-27(35)20-34-33(2,3)19-23-13-14-24-9-5-6-10-25(24)17-23/h5-18,22,27,34-35H,19-21H2,1-4H3,(H,36,37)/t22?,27-/m0/s1. The van der Waals surface area contributed by atoms with Gasteiger partial charge >= 0.3 is 5.97 Å². The summed E-state index contributed by atoms with van der Waals surface area (Å²) in [5.41, 5.74) is 3.85. The van der Waals surface area contributed by atoms with E-state index in [-0.39, 0.29) is 23.8 Å². The van der Waals surface area contributed by atoms with Crippen molar-refractivity contribution in [2.45, 2.75) is 44.9 Å². The number of carboxylic acid groups (broad SMARTS) is 1. The van der Waals surface area contributed by atoms with Crippen LogP contribution >= 0.6 is 0 Å². The second-order valence-corrected chi connectivity index (χ2v) is 10.6. The molecule has 0 saturated heterocycles. The van der Waals surface area contributed by atoms with E-state index in [2.05, 4.69) is 55.6 Å². The van der Waals surface area contributed by atoms with Crippen LogP contribution in [0, 0.1) is 0 Å². The minimum Gasteiger partial charge on any atom is -0.496 e. The topological polar surface area (TPSA) is 88.0 Å². The molecule has 0 heterocycles. The third-order valence-corrected chi connectivity index (χ3v) is 6.96. The summed E-state index contributed by atoms with van der Waals surface area (Å²) in [5, 5.41) is 26.0. The minimum atomic E-state index is -1.04. The summed E-state index contributed by atoms with van der Waals surface area (Å²) in [6, 6.07) is 27.7. The molecule has 0 amide bonds. The van der Waals surface area contributed by atoms with Crippen molar-refractivity contribution in [1.82, 2.24) is 5.32 Å². The number of hydrogen-bond acceptors (Lipinski definition) is 5. The number of nitrogens with one attached hydrogen (secondary N) is 1. The molecule has 3 N–H and O–H groups in total. The van der Waals surface area contributed by atoms with Gasteiger partial charge in [0.2, 0.25) is 0 Å². The molecule has 4 rings (SSSR count). The maximum atomic E-state index is 11.5. The van der Waals surface area contributed by atoms with E-state index in [0.29, 0.717) is 12.3 Å². The van der Waals surface area contributed by atoms with Crippen LogP contribution in [0.25, 0.3) is 21.9 Å². The summed E-state index contributed by atoms with van der Waals surface area (Å²) in [6.07, 6.45) is -0.128. The van der Waals surface area contributed by atoms with Gasteiger partial charge in [-0.15, -0.1) is 0 Å². The number of methoxy groups -OCH3 is 1. The summed E-state index contributed by atoms with van der Waals surface area (Å²) < 4.78 is 11.4. The second-order valence-electron chi connectivity index (χ2n) is 10.6. The van der Waals surface area contributed by atoms with E-state index in [9.17, 15) is 15.0 Å². The van der Waals surface area contributed by atoms with E-state index in [1.54, 1.807) is 18.2 Å². The Hall–Kier alpha value is -3.71. The Morgan fingerprint density at radius 1 is 0.949 bits per heavy atom. The average molecular weight is 528 g/mol. The number of fused-ring (bicyclic) bond motifs is 1. The highest BCUT2D eigenvalue weighted by atomic mass is 16.5. The lowest BCUT2D eigenvalue weighted by molar-refractivity contribution is -0.00397. The van der Waals surface area contributed by atoms with E-state index in [0.717, 1.165) is 23.1 Å². The first-order valence-corrected chi connectivity index (χ1v) is 13.2. The zero-order chi connectivity index (χ0) is 28.0. The summed E-state index contributed by atoms with van der Waals surface area (Å²) >= 11 is 0.